The maximum Gasteiger partial charge on any atom is 0.0487 e. The number of benzene rings is 1. The van der Waals surface area contributed by atoms with Gasteiger partial charge in [0, 0.05) is 22.6 Å². The fourth-order valence-electron chi connectivity index (χ4n) is 2.16. The highest BCUT2D eigenvalue weighted by Crippen LogP contribution is 2.52. The highest BCUT2D eigenvalue weighted by atomic mass is 79.9. The van der Waals surface area contributed by atoms with E-state index in [9.17, 15) is 0 Å². The van der Waals surface area contributed by atoms with Gasteiger partial charge in [-0.2, -0.15) is 0 Å². The largest absolute Gasteiger partial charge is 0.292 e. The zero-order valence-corrected chi connectivity index (χ0v) is 8.84. The second-order valence-electron chi connectivity index (χ2n) is 3.95. The van der Waals surface area contributed by atoms with Crippen LogP contribution in [0.4, 0.5) is 0 Å². The van der Waals surface area contributed by atoms with Crippen molar-refractivity contribution in [2.75, 3.05) is 6.54 Å². The molecule has 1 aliphatic heterocycles. The van der Waals surface area contributed by atoms with Gasteiger partial charge in [0.2, 0.25) is 0 Å². The minimum absolute atomic E-state index is 0.407. The number of aliphatic imine (C=N–C) groups is 1. The van der Waals surface area contributed by atoms with Crippen molar-refractivity contribution in [1.82, 2.24) is 0 Å². The smallest absolute Gasteiger partial charge is 0.0487 e. The highest BCUT2D eigenvalue weighted by molar-refractivity contribution is 9.10. The molecule has 1 heterocycles. The molecule has 66 valence electrons. The van der Waals surface area contributed by atoms with Crippen molar-refractivity contribution in [3.63, 3.8) is 0 Å². The number of hydrogen-bond donors (Lipinski definition) is 0. The summed E-state index contributed by atoms with van der Waals surface area (Å²) in [5.74, 6) is 0. The van der Waals surface area contributed by atoms with Crippen LogP contribution in [0.3, 0.4) is 0 Å². The van der Waals surface area contributed by atoms with Crippen LogP contribution in [-0.4, -0.2) is 12.8 Å². The van der Waals surface area contributed by atoms with Gasteiger partial charge in [-0.25, -0.2) is 0 Å². The van der Waals surface area contributed by atoms with Gasteiger partial charge >= 0.3 is 0 Å². The SMILES string of the molecule is Brc1cccc2c1C1(CC1)CN=C2. The molecule has 1 aromatic rings. The molecule has 0 saturated heterocycles. The number of hydrogen-bond acceptors (Lipinski definition) is 1. The summed E-state index contributed by atoms with van der Waals surface area (Å²) >= 11 is 3.64. The van der Waals surface area contributed by atoms with Crippen molar-refractivity contribution in [2.45, 2.75) is 18.3 Å². The first kappa shape index (κ1) is 7.74. The molecule has 1 spiro atoms. The van der Waals surface area contributed by atoms with E-state index in [-0.39, 0.29) is 0 Å². The molecule has 1 fully saturated rings. The number of rotatable bonds is 0. The summed E-state index contributed by atoms with van der Waals surface area (Å²) in [4.78, 5) is 4.43. The van der Waals surface area contributed by atoms with Crippen molar-refractivity contribution in [3.05, 3.63) is 33.8 Å². The molecule has 1 nitrogen and oxygen atoms in total. The Bertz CT molecular complexity index is 391. The Balaban J connectivity index is 2.28. The van der Waals surface area contributed by atoms with E-state index in [1.54, 1.807) is 0 Å². The molecule has 0 bridgehead atoms. The molecule has 1 saturated carbocycles. The summed E-state index contributed by atoms with van der Waals surface area (Å²) in [6, 6.07) is 6.37. The third kappa shape index (κ3) is 1.01. The fraction of sp³-hybridized carbons (Fsp3) is 0.364. The predicted octanol–water partition coefficient (Wildman–Crippen LogP) is 2.91. The second-order valence-corrected chi connectivity index (χ2v) is 4.81. The molecular formula is C11H10BrN. The van der Waals surface area contributed by atoms with Gasteiger partial charge in [-0.3, -0.25) is 4.99 Å². The number of nitrogens with zero attached hydrogens (tertiary/aromatic N) is 1. The molecule has 0 aromatic heterocycles. The Hall–Kier alpha value is -0.630. The summed E-state index contributed by atoms with van der Waals surface area (Å²) in [6.07, 6.45) is 4.61. The van der Waals surface area contributed by atoms with E-state index in [0.717, 1.165) is 6.54 Å². The lowest BCUT2D eigenvalue weighted by molar-refractivity contribution is 0.693. The van der Waals surface area contributed by atoms with Gasteiger partial charge < -0.3 is 0 Å². The van der Waals surface area contributed by atoms with Crippen molar-refractivity contribution >= 4 is 22.1 Å². The fourth-order valence-corrected chi connectivity index (χ4v) is 2.97. The van der Waals surface area contributed by atoms with Crippen LogP contribution >= 0.6 is 15.9 Å². The Morgan fingerprint density at radius 2 is 2.15 bits per heavy atom. The van der Waals surface area contributed by atoms with Crippen LogP contribution in [-0.2, 0) is 5.41 Å². The minimum atomic E-state index is 0.407. The monoisotopic (exact) mass is 235 g/mol. The van der Waals surface area contributed by atoms with E-state index in [4.69, 9.17) is 0 Å². The van der Waals surface area contributed by atoms with Crippen LogP contribution in [0.25, 0.3) is 0 Å². The topological polar surface area (TPSA) is 12.4 Å². The van der Waals surface area contributed by atoms with Crippen LogP contribution < -0.4 is 0 Å². The average Bonchev–Trinajstić information content (AvgIpc) is 2.86. The van der Waals surface area contributed by atoms with E-state index >= 15 is 0 Å². The lowest BCUT2D eigenvalue weighted by atomic mass is 9.90. The van der Waals surface area contributed by atoms with Crippen molar-refractivity contribution < 1.29 is 0 Å². The Labute approximate surface area is 86.0 Å². The number of halogens is 1. The van der Waals surface area contributed by atoms with Crippen molar-refractivity contribution in [2.24, 2.45) is 4.99 Å². The summed E-state index contributed by atoms with van der Waals surface area (Å²) in [5.41, 5.74) is 3.20. The summed E-state index contributed by atoms with van der Waals surface area (Å²) in [6.45, 7) is 0.989. The van der Waals surface area contributed by atoms with Gasteiger partial charge in [0.25, 0.3) is 0 Å². The van der Waals surface area contributed by atoms with Crippen LogP contribution in [0.2, 0.25) is 0 Å². The van der Waals surface area contributed by atoms with Gasteiger partial charge in [0.15, 0.2) is 0 Å². The molecule has 1 aliphatic carbocycles. The van der Waals surface area contributed by atoms with Gasteiger partial charge in [0.1, 0.15) is 0 Å². The maximum absolute atomic E-state index is 4.43. The predicted molar refractivity (Wildman–Crippen MR) is 57.5 cm³/mol. The lowest BCUT2D eigenvalue weighted by Crippen LogP contribution is -2.18. The molecular weight excluding hydrogens is 226 g/mol. The molecule has 3 rings (SSSR count). The summed E-state index contributed by atoms with van der Waals surface area (Å²) < 4.78 is 1.26. The first-order valence-electron chi connectivity index (χ1n) is 4.61. The van der Waals surface area contributed by atoms with Gasteiger partial charge in [0.05, 0.1) is 0 Å². The molecule has 0 amide bonds. The van der Waals surface area contributed by atoms with Crippen LogP contribution in [0.15, 0.2) is 27.7 Å². The van der Waals surface area contributed by atoms with E-state index in [1.807, 2.05) is 6.21 Å². The molecule has 0 atom stereocenters. The molecule has 0 radical (unpaired) electrons. The Morgan fingerprint density at radius 3 is 2.92 bits per heavy atom. The van der Waals surface area contributed by atoms with Gasteiger partial charge in [-0.15, -0.1) is 0 Å². The zero-order chi connectivity index (χ0) is 8.89. The Morgan fingerprint density at radius 1 is 1.31 bits per heavy atom. The minimum Gasteiger partial charge on any atom is -0.292 e. The lowest BCUT2D eigenvalue weighted by Gasteiger charge is -2.21. The standard InChI is InChI=1S/C11H10BrN/c12-9-3-1-2-8-6-13-7-11(4-5-11)10(8)9/h1-3,6H,4-5,7H2. The first-order valence-corrected chi connectivity index (χ1v) is 5.40. The normalized spacial score (nSPS) is 21.6. The van der Waals surface area contributed by atoms with Crippen LogP contribution in [0.5, 0.6) is 0 Å². The van der Waals surface area contributed by atoms with Crippen LogP contribution in [0, 0.1) is 0 Å². The molecule has 0 N–H and O–H groups in total. The maximum atomic E-state index is 4.43. The van der Waals surface area contributed by atoms with Gasteiger partial charge in [-0.05, 0) is 30.0 Å². The number of fused-ring (bicyclic) bond motifs is 2. The van der Waals surface area contributed by atoms with E-state index in [0.29, 0.717) is 5.41 Å². The quantitative estimate of drug-likeness (QED) is 0.656. The summed E-state index contributed by atoms with van der Waals surface area (Å²) in [7, 11) is 0. The zero-order valence-electron chi connectivity index (χ0n) is 7.26. The first-order chi connectivity index (χ1) is 6.32. The third-order valence-electron chi connectivity index (χ3n) is 3.05. The molecule has 0 unspecified atom stereocenters. The molecule has 2 aliphatic rings. The Kier molecular flexibility index (Phi) is 1.46. The van der Waals surface area contributed by atoms with Crippen molar-refractivity contribution in [1.29, 1.82) is 0 Å². The third-order valence-corrected chi connectivity index (χ3v) is 3.71. The highest BCUT2D eigenvalue weighted by Gasteiger charge is 2.47. The van der Waals surface area contributed by atoms with E-state index in [2.05, 4.69) is 39.1 Å². The summed E-state index contributed by atoms with van der Waals surface area (Å²) in [5, 5.41) is 0. The molecule has 1 aromatic carbocycles. The molecule has 2 heteroatoms. The van der Waals surface area contributed by atoms with Crippen LogP contribution in [0.1, 0.15) is 24.0 Å². The van der Waals surface area contributed by atoms with E-state index in [1.165, 1.54) is 28.4 Å². The van der Waals surface area contributed by atoms with E-state index < -0.39 is 0 Å². The van der Waals surface area contributed by atoms with Crippen molar-refractivity contribution in [3.8, 4) is 0 Å². The average molecular weight is 236 g/mol. The van der Waals surface area contributed by atoms with Gasteiger partial charge in [-0.1, -0.05) is 28.1 Å². The molecule has 13 heavy (non-hydrogen) atoms. The second kappa shape index (κ2) is 2.44.